The minimum atomic E-state index is 0.442. The highest BCUT2D eigenvalue weighted by molar-refractivity contribution is 5.86. The minimum absolute atomic E-state index is 0.442. The number of hydrogen-bond donors (Lipinski definition) is 0. The van der Waals surface area contributed by atoms with Gasteiger partial charge in [-0.1, -0.05) is 0 Å². The average Bonchev–Trinajstić information content (AvgIpc) is 3.29. The first-order valence-corrected chi connectivity index (χ1v) is 11.7. The summed E-state index contributed by atoms with van der Waals surface area (Å²) in [7, 11) is 7.90. The SMILES string of the molecule is COc1cc2c(C3CCN(C)CC3)nc(N(C)C)nc2cc1OCCCN1CCCC1. The van der Waals surface area contributed by atoms with Gasteiger partial charge in [0, 0.05) is 38.0 Å². The zero-order valence-electron chi connectivity index (χ0n) is 19.6. The van der Waals surface area contributed by atoms with Gasteiger partial charge in [-0.3, -0.25) is 0 Å². The van der Waals surface area contributed by atoms with Crippen LogP contribution in [0.25, 0.3) is 10.9 Å². The van der Waals surface area contributed by atoms with Crippen LogP contribution in [-0.4, -0.2) is 87.4 Å². The number of hydrogen-bond acceptors (Lipinski definition) is 7. The van der Waals surface area contributed by atoms with Crippen molar-refractivity contribution in [2.45, 2.75) is 38.0 Å². The van der Waals surface area contributed by atoms with Crippen molar-refractivity contribution in [2.24, 2.45) is 0 Å². The molecule has 0 aliphatic carbocycles. The number of anilines is 1. The number of fused-ring (bicyclic) bond motifs is 1. The molecule has 0 unspecified atom stereocenters. The lowest BCUT2D eigenvalue weighted by atomic mass is 9.91. The van der Waals surface area contributed by atoms with Gasteiger partial charge >= 0.3 is 0 Å². The summed E-state index contributed by atoms with van der Waals surface area (Å²) < 4.78 is 11.9. The van der Waals surface area contributed by atoms with E-state index in [0.29, 0.717) is 12.5 Å². The topological polar surface area (TPSA) is 54.0 Å². The molecule has 2 aliphatic rings. The molecule has 31 heavy (non-hydrogen) atoms. The lowest BCUT2D eigenvalue weighted by Crippen LogP contribution is -2.30. The molecule has 7 heteroatoms. The van der Waals surface area contributed by atoms with Crippen LogP contribution in [0.3, 0.4) is 0 Å². The van der Waals surface area contributed by atoms with Gasteiger partial charge in [-0.15, -0.1) is 0 Å². The van der Waals surface area contributed by atoms with Crippen molar-refractivity contribution >= 4 is 16.9 Å². The molecule has 2 aliphatic heterocycles. The van der Waals surface area contributed by atoms with Crippen molar-refractivity contribution in [3.8, 4) is 11.5 Å². The van der Waals surface area contributed by atoms with E-state index < -0.39 is 0 Å². The van der Waals surface area contributed by atoms with E-state index >= 15 is 0 Å². The second-order valence-corrected chi connectivity index (χ2v) is 9.15. The molecule has 1 aromatic heterocycles. The number of piperidine rings is 1. The number of benzene rings is 1. The number of methoxy groups -OCH3 is 1. The van der Waals surface area contributed by atoms with Gasteiger partial charge in [-0.25, -0.2) is 9.97 Å². The fourth-order valence-corrected chi connectivity index (χ4v) is 4.69. The lowest BCUT2D eigenvalue weighted by molar-refractivity contribution is 0.253. The van der Waals surface area contributed by atoms with Crippen LogP contribution < -0.4 is 14.4 Å². The zero-order chi connectivity index (χ0) is 21.8. The summed E-state index contributed by atoms with van der Waals surface area (Å²) in [6.07, 6.45) is 5.91. The molecule has 0 bridgehead atoms. The Hall–Kier alpha value is -2.12. The van der Waals surface area contributed by atoms with Crippen LogP contribution in [0.4, 0.5) is 5.95 Å². The number of nitrogens with zero attached hydrogens (tertiary/aromatic N) is 5. The second-order valence-electron chi connectivity index (χ2n) is 9.15. The minimum Gasteiger partial charge on any atom is -0.493 e. The van der Waals surface area contributed by atoms with Crippen LogP contribution in [0.5, 0.6) is 11.5 Å². The van der Waals surface area contributed by atoms with Crippen LogP contribution in [0, 0.1) is 0 Å². The molecule has 2 fully saturated rings. The van der Waals surface area contributed by atoms with Crippen LogP contribution >= 0.6 is 0 Å². The predicted octanol–water partition coefficient (Wildman–Crippen LogP) is 3.38. The Morgan fingerprint density at radius 2 is 1.77 bits per heavy atom. The van der Waals surface area contributed by atoms with Crippen molar-refractivity contribution < 1.29 is 9.47 Å². The standard InChI is InChI=1S/C24H37N5O2/c1-27(2)24-25-20-17-22(31-15-7-12-29-10-5-6-11-29)21(30-4)16-19(20)23(26-24)18-8-13-28(3)14-9-18/h16-18H,5-15H2,1-4H3. The van der Waals surface area contributed by atoms with Crippen LogP contribution in [0.1, 0.15) is 43.7 Å². The molecule has 1 aromatic carbocycles. The molecular formula is C24H37N5O2. The van der Waals surface area contributed by atoms with Gasteiger partial charge in [0.25, 0.3) is 0 Å². The Kier molecular flexibility index (Phi) is 7.13. The van der Waals surface area contributed by atoms with Gasteiger partial charge in [0.1, 0.15) is 0 Å². The third kappa shape index (κ3) is 5.21. The van der Waals surface area contributed by atoms with E-state index in [4.69, 9.17) is 19.4 Å². The van der Waals surface area contributed by atoms with E-state index in [0.717, 1.165) is 72.9 Å². The van der Waals surface area contributed by atoms with Crippen LogP contribution in [-0.2, 0) is 0 Å². The molecule has 3 heterocycles. The molecule has 170 valence electrons. The lowest BCUT2D eigenvalue weighted by Gasteiger charge is -2.29. The summed E-state index contributed by atoms with van der Waals surface area (Å²) in [5.74, 6) is 2.74. The quantitative estimate of drug-likeness (QED) is 0.599. The van der Waals surface area contributed by atoms with Crippen LogP contribution in [0.15, 0.2) is 12.1 Å². The first-order valence-electron chi connectivity index (χ1n) is 11.7. The summed E-state index contributed by atoms with van der Waals surface area (Å²) >= 11 is 0. The fraction of sp³-hybridized carbons (Fsp3) is 0.667. The summed E-state index contributed by atoms with van der Waals surface area (Å²) in [5.41, 5.74) is 2.07. The maximum atomic E-state index is 6.16. The van der Waals surface area contributed by atoms with Gasteiger partial charge in [0.2, 0.25) is 5.95 Å². The van der Waals surface area contributed by atoms with E-state index in [1.54, 1.807) is 7.11 Å². The molecule has 0 atom stereocenters. The Bertz CT molecular complexity index is 874. The molecule has 0 radical (unpaired) electrons. The molecule has 4 rings (SSSR count). The Balaban J connectivity index is 1.59. The monoisotopic (exact) mass is 427 g/mol. The molecule has 0 saturated carbocycles. The van der Waals surface area contributed by atoms with Gasteiger partial charge in [0.15, 0.2) is 11.5 Å². The maximum absolute atomic E-state index is 6.16. The van der Waals surface area contributed by atoms with E-state index in [9.17, 15) is 0 Å². The van der Waals surface area contributed by atoms with E-state index in [2.05, 4.69) is 22.9 Å². The van der Waals surface area contributed by atoms with Crippen molar-refractivity contribution in [3.05, 3.63) is 17.8 Å². The summed E-state index contributed by atoms with van der Waals surface area (Å²) in [4.78, 5) is 16.7. The Morgan fingerprint density at radius 1 is 1.03 bits per heavy atom. The number of ether oxygens (including phenoxy) is 2. The van der Waals surface area contributed by atoms with Gasteiger partial charge in [-0.05, 0) is 71.4 Å². The number of aromatic nitrogens is 2. The van der Waals surface area contributed by atoms with Crippen molar-refractivity contribution in [3.63, 3.8) is 0 Å². The van der Waals surface area contributed by atoms with E-state index in [1.807, 2.05) is 25.1 Å². The van der Waals surface area contributed by atoms with Crippen molar-refractivity contribution in [2.75, 3.05) is 72.5 Å². The molecule has 2 aromatic rings. The molecular weight excluding hydrogens is 390 g/mol. The molecule has 0 amide bonds. The first kappa shape index (κ1) is 22.1. The highest BCUT2D eigenvalue weighted by Crippen LogP contribution is 2.38. The van der Waals surface area contributed by atoms with E-state index in [-0.39, 0.29) is 0 Å². The summed E-state index contributed by atoms with van der Waals surface area (Å²) in [5, 5.41) is 1.08. The zero-order valence-corrected chi connectivity index (χ0v) is 19.6. The van der Waals surface area contributed by atoms with Crippen LogP contribution in [0.2, 0.25) is 0 Å². The first-order chi connectivity index (χ1) is 15.0. The second kappa shape index (κ2) is 10.0. The molecule has 7 nitrogen and oxygen atoms in total. The third-order valence-electron chi connectivity index (χ3n) is 6.58. The van der Waals surface area contributed by atoms with Crippen molar-refractivity contribution in [1.29, 1.82) is 0 Å². The summed E-state index contributed by atoms with van der Waals surface area (Å²) in [6, 6.07) is 4.12. The number of rotatable bonds is 8. The maximum Gasteiger partial charge on any atom is 0.225 e. The Morgan fingerprint density at radius 3 is 2.45 bits per heavy atom. The highest BCUT2D eigenvalue weighted by Gasteiger charge is 2.24. The smallest absolute Gasteiger partial charge is 0.225 e. The normalized spacial score (nSPS) is 18.6. The van der Waals surface area contributed by atoms with E-state index in [1.165, 1.54) is 25.9 Å². The van der Waals surface area contributed by atoms with Crippen molar-refractivity contribution in [1.82, 2.24) is 19.8 Å². The number of likely N-dealkylation sites (tertiary alicyclic amines) is 2. The van der Waals surface area contributed by atoms with Gasteiger partial charge < -0.3 is 24.2 Å². The summed E-state index contributed by atoms with van der Waals surface area (Å²) in [6.45, 7) is 6.44. The van der Waals surface area contributed by atoms with Gasteiger partial charge in [-0.2, -0.15) is 0 Å². The molecule has 0 N–H and O–H groups in total. The molecule has 0 spiro atoms. The van der Waals surface area contributed by atoms with Gasteiger partial charge in [0.05, 0.1) is 24.9 Å². The largest absolute Gasteiger partial charge is 0.493 e. The third-order valence-corrected chi connectivity index (χ3v) is 6.58. The Labute approximate surface area is 186 Å². The fourth-order valence-electron chi connectivity index (χ4n) is 4.69. The average molecular weight is 428 g/mol. The molecule has 2 saturated heterocycles. The highest BCUT2D eigenvalue weighted by atomic mass is 16.5. The predicted molar refractivity (Wildman–Crippen MR) is 126 cm³/mol.